The monoisotopic (exact) mass is 413 g/mol. The fourth-order valence-electron chi connectivity index (χ4n) is 2.87. The number of hydrogen-bond donors (Lipinski definition) is 2. The molecule has 2 N–H and O–H groups in total. The molecule has 3 heteroatoms. The van der Waals surface area contributed by atoms with Gasteiger partial charge < -0.3 is 10.4 Å². The van der Waals surface area contributed by atoms with Crippen molar-refractivity contribution in [3.8, 4) is 0 Å². The maximum Gasteiger partial charge on any atom is 0.244 e. The van der Waals surface area contributed by atoms with E-state index in [4.69, 9.17) is 0 Å². The number of unbranched alkanes of at least 4 members (excludes halogenated alkanes) is 3. The van der Waals surface area contributed by atoms with Crippen LogP contribution in [0.25, 0.3) is 0 Å². The first kappa shape index (κ1) is 27.9. The lowest BCUT2D eigenvalue weighted by Crippen LogP contribution is -2.42. The second-order valence-electron chi connectivity index (χ2n) is 7.58. The Morgan fingerprint density at radius 3 is 1.83 bits per heavy atom. The minimum atomic E-state index is -0.789. The highest BCUT2D eigenvalue weighted by Crippen LogP contribution is 2.19. The molecule has 1 atom stereocenters. The van der Waals surface area contributed by atoms with Gasteiger partial charge in [0.25, 0.3) is 0 Å². The predicted octanol–water partition coefficient (Wildman–Crippen LogP) is 6.74. The highest BCUT2D eigenvalue weighted by atomic mass is 16.3. The van der Waals surface area contributed by atoms with Gasteiger partial charge in [-0.05, 0) is 32.1 Å². The van der Waals surface area contributed by atoms with Crippen molar-refractivity contribution in [2.45, 2.75) is 84.2 Å². The van der Waals surface area contributed by atoms with Crippen LogP contribution in [0.3, 0.4) is 0 Å². The molecule has 0 rings (SSSR count). The van der Waals surface area contributed by atoms with Gasteiger partial charge in [-0.2, -0.15) is 0 Å². The van der Waals surface area contributed by atoms with E-state index in [1.54, 1.807) is 6.08 Å². The van der Waals surface area contributed by atoms with Crippen molar-refractivity contribution in [2.75, 3.05) is 6.54 Å². The molecule has 0 aromatic carbocycles. The van der Waals surface area contributed by atoms with Crippen molar-refractivity contribution >= 4 is 5.91 Å². The van der Waals surface area contributed by atoms with E-state index in [-0.39, 0.29) is 5.91 Å². The molecule has 0 aliphatic carbocycles. The van der Waals surface area contributed by atoms with E-state index in [0.717, 1.165) is 44.9 Å². The molecule has 0 radical (unpaired) electrons. The minimum absolute atomic E-state index is 0.169. The van der Waals surface area contributed by atoms with Gasteiger partial charge in [-0.15, -0.1) is 0 Å². The maximum atomic E-state index is 11.9. The molecule has 0 aliphatic rings. The summed E-state index contributed by atoms with van der Waals surface area (Å²) >= 11 is 0. The average Bonchev–Trinajstić information content (AvgIpc) is 2.74. The van der Waals surface area contributed by atoms with Crippen molar-refractivity contribution in [1.29, 1.82) is 0 Å². The van der Waals surface area contributed by atoms with Crippen LogP contribution >= 0.6 is 0 Å². The first-order valence-electron chi connectivity index (χ1n) is 11.6. The Labute approximate surface area is 185 Å². The van der Waals surface area contributed by atoms with Gasteiger partial charge in [0.15, 0.2) is 0 Å². The predicted molar refractivity (Wildman–Crippen MR) is 131 cm³/mol. The van der Waals surface area contributed by atoms with Crippen molar-refractivity contribution in [3.05, 3.63) is 72.9 Å². The molecule has 0 spiro atoms. The Morgan fingerprint density at radius 2 is 1.30 bits per heavy atom. The van der Waals surface area contributed by atoms with Crippen molar-refractivity contribution in [2.24, 2.45) is 0 Å². The number of nitrogens with one attached hydrogen (secondary N) is 1. The summed E-state index contributed by atoms with van der Waals surface area (Å²) in [5, 5.41) is 13.4. The molecule has 0 aromatic rings. The topological polar surface area (TPSA) is 49.3 Å². The number of carbonyl (C=O) groups is 1. The SMILES string of the molecule is CCCC=CC=CC=CCCC=CC=CC=CC(=O)NCC(O)(CCC)CCCC. The molecular formula is C27H43NO2. The van der Waals surface area contributed by atoms with Gasteiger partial charge in [-0.25, -0.2) is 0 Å². The number of amides is 1. The van der Waals surface area contributed by atoms with Crippen molar-refractivity contribution in [1.82, 2.24) is 5.32 Å². The third-order valence-corrected chi connectivity index (χ3v) is 4.58. The molecule has 0 fully saturated rings. The number of carbonyl (C=O) groups excluding carboxylic acids is 1. The van der Waals surface area contributed by atoms with E-state index in [9.17, 15) is 9.90 Å². The fraction of sp³-hybridized carbons (Fsp3) is 0.519. The maximum absolute atomic E-state index is 11.9. The highest BCUT2D eigenvalue weighted by molar-refractivity contribution is 5.87. The van der Waals surface area contributed by atoms with Gasteiger partial charge >= 0.3 is 0 Å². The van der Waals surface area contributed by atoms with Crippen LogP contribution in [0, 0.1) is 0 Å². The Balaban J connectivity index is 4.03. The molecule has 0 saturated heterocycles. The lowest BCUT2D eigenvalue weighted by atomic mass is 9.91. The average molecular weight is 414 g/mol. The van der Waals surface area contributed by atoms with Gasteiger partial charge in [-0.3, -0.25) is 4.79 Å². The van der Waals surface area contributed by atoms with Gasteiger partial charge in [0.2, 0.25) is 5.91 Å². The highest BCUT2D eigenvalue weighted by Gasteiger charge is 2.25. The summed E-state index contributed by atoms with van der Waals surface area (Å²) in [6, 6.07) is 0. The molecule has 0 saturated carbocycles. The van der Waals surface area contributed by atoms with E-state index in [1.807, 2.05) is 18.2 Å². The Hall–Kier alpha value is -2.13. The van der Waals surface area contributed by atoms with Gasteiger partial charge in [0.05, 0.1) is 5.60 Å². The van der Waals surface area contributed by atoms with Crippen LogP contribution < -0.4 is 5.32 Å². The van der Waals surface area contributed by atoms with Crippen molar-refractivity contribution in [3.63, 3.8) is 0 Å². The van der Waals surface area contributed by atoms with Crippen LogP contribution in [0.5, 0.6) is 0 Å². The summed E-state index contributed by atoms with van der Waals surface area (Å²) in [5.41, 5.74) is -0.789. The molecule has 0 heterocycles. The number of rotatable bonds is 17. The molecular weight excluding hydrogens is 370 g/mol. The second-order valence-corrected chi connectivity index (χ2v) is 7.58. The summed E-state index contributed by atoms with van der Waals surface area (Å²) < 4.78 is 0. The Kier molecular flexibility index (Phi) is 18.7. The zero-order chi connectivity index (χ0) is 22.3. The largest absolute Gasteiger partial charge is 0.388 e. The van der Waals surface area contributed by atoms with Crippen LogP contribution in [-0.2, 0) is 4.79 Å². The quantitative estimate of drug-likeness (QED) is 0.157. The Morgan fingerprint density at radius 1 is 0.733 bits per heavy atom. The smallest absolute Gasteiger partial charge is 0.244 e. The molecule has 3 nitrogen and oxygen atoms in total. The third-order valence-electron chi connectivity index (χ3n) is 4.58. The lowest BCUT2D eigenvalue weighted by molar-refractivity contribution is -0.118. The van der Waals surface area contributed by atoms with E-state index in [2.05, 4.69) is 68.6 Å². The molecule has 30 heavy (non-hydrogen) atoms. The van der Waals surface area contributed by atoms with Crippen molar-refractivity contribution < 1.29 is 9.90 Å². The van der Waals surface area contributed by atoms with E-state index in [0.29, 0.717) is 13.0 Å². The molecule has 0 aromatic heterocycles. The van der Waals surface area contributed by atoms with Crippen LogP contribution in [0.1, 0.15) is 78.6 Å². The standard InChI is InChI=1S/C27H43NO2/c1-4-7-9-10-11-12-13-14-15-16-17-18-19-20-21-22-26(29)28-25-27(30,23-6-3)24-8-5-2/h9-14,17-22,30H,4-8,15-16,23-25H2,1-3H3,(H,28,29). The normalized spacial score (nSPS) is 14.9. The Bertz CT molecular complexity index is 596. The first-order chi connectivity index (χ1) is 14.6. The van der Waals surface area contributed by atoms with Crippen LogP contribution in [-0.4, -0.2) is 23.2 Å². The molecule has 1 unspecified atom stereocenters. The van der Waals surface area contributed by atoms with E-state index < -0.39 is 5.60 Å². The summed E-state index contributed by atoms with van der Waals surface area (Å²) in [7, 11) is 0. The molecule has 168 valence electrons. The van der Waals surface area contributed by atoms with Gasteiger partial charge in [-0.1, -0.05) is 113 Å². The van der Waals surface area contributed by atoms with Gasteiger partial charge in [0, 0.05) is 12.6 Å². The fourth-order valence-corrected chi connectivity index (χ4v) is 2.87. The summed E-state index contributed by atoms with van der Waals surface area (Å²) in [6.45, 7) is 6.65. The van der Waals surface area contributed by atoms with E-state index in [1.165, 1.54) is 12.5 Å². The molecule has 0 bridgehead atoms. The van der Waals surface area contributed by atoms with Gasteiger partial charge in [0.1, 0.15) is 0 Å². The minimum Gasteiger partial charge on any atom is -0.388 e. The zero-order valence-corrected chi connectivity index (χ0v) is 19.4. The van der Waals surface area contributed by atoms with Crippen LogP contribution in [0.2, 0.25) is 0 Å². The van der Waals surface area contributed by atoms with E-state index >= 15 is 0 Å². The summed E-state index contributed by atoms with van der Waals surface area (Å²) in [5.74, 6) is -0.169. The number of allylic oxidation sites excluding steroid dienone is 11. The lowest BCUT2D eigenvalue weighted by Gasteiger charge is -2.27. The zero-order valence-electron chi connectivity index (χ0n) is 19.4. The molecule has 1 amide bonds. The third kappa shape index (κ3) is 17.9. The number of aliphatic hydroxyl groups is 1. The van der Waals surface area contributed by atoms with Crippen LogP contribution in [0.15, 0.2) is 72.9 Å². The summed E-state index contributed by atoms with van der Waals surface area (Å²) in [4.78, 5) is 11.9. The first-order valence-corrected chi connectivity index (χ1v) is 11.6. The second kappa shape index (κ2) is 20.2. The van der Waals surface area contributed by atoms with Crippen LogP contribution in [0.4, 0.5) is 0 Å². The summed E-state index contributed by atoms with van der Waals surface area (Å²) in [6.07, 6.45) is 32.4. The number of hydrogen-bond acceptors (Lipinski definition) is 2. The molecule has 0 aliphatic heterocycles.